The number of aromatic nitrogens is 3. The second-order valence-electron chi connectivity index (χ2n) is 7.54. The van der Waals surface area contributed by atoms with Gasteiger partial charge in [-0.25, -0.2) is 9.97 Å². The first-order valence-electron chi connectivity index (χ1n) is 10.0. The summed E-state index contributed by atoms with van der Waals surface area (Å²) in [5.74, 6) is 1.79. The number of rotatable bonds is 3. The van der Waals surface area contributed by atoms with Gasteiger partial charge in [-0.05, 0) is 31.9 Å². The fraction of sp³-hybridized carbons (Fsp3) is 0.500. The predicted molar refractivity (Wildman–Crippen MR) is 111 cm³/mol. The van der Waals surface area contributed by atoms with E-state index in [0.717, 1.165) is 48.6 Å². The zero-order chi connectivity index (χ0) is 20.4. The molecule has 9 heteroatoms. The molecule has 2 aliphatic heterocycles. The average Bonchev–Trinajstić information content (AvgIpc) is 2.74. The average molecular weight is 397 g/mol. The van der Waals surface area contributed by atoms with Crippen molar-refractivity contribution in [2.24, 2.45) is 5.92 Å². The number of aryl methyl sites for hydroxylation is 1. The molecule has 1 amide bonds. The zero-order valence-corrected chi connectivity index (χ0v) is 16.7. The molecule has 154 valence electrons. The maximum Gasteiger partial charge on any atom is 0.225 e. The topological polar surface area (TPSA) is 123 Å². The number of carbonyl (C=O) groups excluding carboxylic acids is 1. The molecule has 4 heterocycles. The van der Waals surface area contributed by atoms with Gasteiger partial charge in [-0.15, -0.1) is 0 Å². The van der Waals surface area contributed by atoms with E-state index in [2.05, 4.69) is 19.9 Å². The van der Waals surface area contributed by atoms with Gasteiger partial charge in [-0.2, -0.15) is 4.98 Å². The van der Waals surface area contributed by atoms with Crippen LogP contribution in [0.1, 0.15) is 18.5 Å². The molecular formula is C20H27N7O2. The van der Waals surface area contributed by atoms with Crippen LogP contribution in [0.25, 0.3) is 11.1 Å². The van der Waals surface area contributed by atoms with Gasteiger partial charge in [0.2, 0.25) is 11.9 Å². The smallest absolute Gasteiger partial charge is 0.225 e. The number of hydrogen-bond donors (Lipinski definition) is 2. The van der Waals surface area contributed by atoms with E-state index in [9.17, 15) is 4.79 Å². The monoisotopic (exact) mass is 397 g/mol. The van der Waals surface area contributed by atoms with Crippen molar-refractivity contribution in [1.82, 2.24) is 19.9 Å². The molecule has 4 N–H and O–H groups in total. The van der Waals surface area contributed by atoms with Crippen LogP contribution in [0.2, 0.25) is 0 Å². The summed E-state index contributed by atoms with van der Waals surface area (Å²) in [6.45, 7) is 6.04. The summed E-state index contributed by atoms with van der Waals surface area (Å²) in [6, 6.07) is 3.69. The van der Waals surface area contributed by atoms with Crippen molar-refractivity contribution in [3.63, 3.8) is 0 Å². The summed E-state index contributed by atoms with van der Waals surface area (Å²) in [6.07, 6.45) is 3.31. The van der Waals surface area contributed by atoms with E-state index in [0.29, 0.717) is 32.1 Å². The molecule has 2 aliphatic rings. The minimum atomic E-state index is 0.0475. The lowest BCUT2D eigenvalue weighted by molar-refractivity contribution is -0.140. The Kier molecular flexibility index (Phi) is 5.48. The first kappa shape index (κ1) is 19.4. The SMILES string of the molecule is Cc1nc(N)nc(N2CCC(C(=O)N3CCOCC3)CC2)c1-c1ccc(N)nc1. The second-order valence-corrected chi connectivity index (χ2v) is 7.54. The molecule has 0 aliphatic carbocycles. The Balaban J connectivity index is 1.53. The van der Waals surface area contributed by atoms with Crippen molar-refractivity contribution in [3.8, 4) is 11.1 Å². The first-order valence-corrected chi connectivity index (χ1v) is 10.0. The number of nitrogens with two attached hydrogens (primary N) is 2. The van der Waals surface area contributed by atoms with Gasteiger partial charge >= 0.3 is 0 Å². The zero-order valence-electron chi connectivity index (χ0n) is 16.7. The van der Waals surface area contributed by atoms with Crippen LogP contribution in [0, 0.1) is 12.8 Å². The number of morpholine rings is 1. The number of amides is 1. The predicted octanol–water partition coefficient (Wildman–Crippen LogP) is 1.09. The van der Waals surface area contributed by atoms with Crippen LogP contribution < -0.4 is 16.4 Å². The Bertz CT molecular complexity index is 873. The number of carbonyl (C=O) groups is 1. The van der Waals surface area contributed by atoms with E-state index in [1.165, 1.54) is 0 Å². The lowest BCUT2D eigenvalue weighted by Gasteiger charge is -2.36. The molecule has 9 nitrogen and oxygen atoms in total. The molecule has 0 unspecified atom stereocenters. The summed E-state index contributed by atoms with van der Waals surface area (Å²) in [4.78, 5) is 30.0. The van der Waals surface area contributed by atoms with Crippen molar-refractivity contribution in [1.29, 1.82) is 0 Å². The first-order chi connectivity index (χ1) is 14.0. The lowest BCUT2D eigenvalue weighted by atomic mass is 9.94. The third-order valence-corrected chi connectivity index (χ3v) is 5.63. The van der Waals surface area contributed by atoms with Gasteiger partial charge in [-0.3, -0.25) is 4.79 Å². The molecule has 0 saturated carbocycles. The largest absolute Gasteiger partial charge is 0.384 e. The molecule has 0 aromatic carbocycles. The molecule has 2 saturated heterocycles. The van der Waals surface area contributed by atoms with Crippen LogP contribution in [0.5, 0.6) is 0 Å². The molecule has 29 heavy (non-hydrogen) atoms. The molecule has 2 aromatic rings. The van der Waals surface area contributed by atoms with Crippen LogP contribution in [-0.2, 0) is 9.53 Å². The maximum absolute atomic E-state index is 12.8. The molecule has 4 rings (SSSR count). The number of anilines is 3. The number of ether oxygens (including phenoxy) is 1. The Hall–Kier alpha value is -2.94. The summed E-state index contributed by atoms with van der Waals surface area (Å²) in [7, 11) is 0. The maximum atomic E-state index is 12.8. The number of hydrogen-bond acceptors (Lipinski definition) is 8. The van der Waals surface area contributed by atoms with E-state index >= 15 is 0 Å². The highest BCUT2D eigenvalue weighted by Crippen LogP contribution is 2.34. The lowest BCUT2D eigenvalue weighted by Crippen LogP contribution is -2.47. The summed E-state index contributed by atoms with van der Waals surface area (Å²) in [5, 5.41) is 0. The fourth-order valence-electron chi connectivity index (χ4n) is 4.08. The van der Waals surface area contributed by atoms with Crippen LogP contribution in [0.15, 0.2) is 18.3 Å². The molecule has 2 aromatic heterocycles. The van der Waals surface area contributed by atoms with Crippen LogP contribution >= 0.6 is 0 Å². The van der Waals surface area contributed by atoms with Gasteiger partial charge in [0.1, 0.15) is 11.6 Å². The Morgan fingerprint density at radius 1 is 1.10 bits per heavy atom. The van der Waals surface area contributed by atoms with Crippen molar-refractivity contribution in [3.05, 3.63) is 24.0 Å². The molecule has 0 bridgehead atoms. The summed E-state index contributed by atoms with van der Waals surface area (Å²) < 4.78 is 5.36. The van der Waals surface area contributed by atoms with Gasteiger partial charge in [0, 0.05) is 49.4 Å². The number of pyridine rings is 1. The third kappa shape index (κ3) is 4.09. The standard InChI is InChI=1S/C20H27N7O2/c1-13-17(15-2-3-16(21)23-12-15)18(25-20(22)24-13)26-6-4-14(5-7-26)19(28)27-8-10-29-11-9-27/h2-3,12,14H,4-11H2,1H3,(H2,21,23)(H2,22,24,25). The Morgan fingerprint density at radius 2 is 1.83 bits per heavy atom. The van der Waals surface area contributed by atoms with Crippen LogP contribution in [0.4, 0.5) is 17.6 Å². The normalized spacial score (nSPS) is 18.1. The highest BCUT2D eigenvalue weighted by Gasteiger charge is 2.31. The Labute approximate surface area is 170 Å². The molecule has 2 fully saturated rings. The summed E-state index contributed by atoms with van der Waals surface area (Å²) in [5.41, 5.74) is 14.3. The highest BCUT2D eigenvalue weighted by molar-refractivity contribution is 5.81. The van der Waals surface area contributed by atoms with Crippen molar-refractivity contribution >= 4 is 23.5 Å². The quantitative estimate of drug-likeness (QED) is 0.789. The third-order valence-electron chi connectivity index (χ3n) is 5.63. The minimum absolute atomic E-state index is 0.0475. The molecule has 0 spiro atoms. The van der Waals surface area contributed by atoms with Gasteiger partial charge < -0.3 is 26.0 Å². The van der Waals surface area contributed by atoms with E-state index in [-0.39, 0.29) is 17.8 Å². The van der Waals surface area contributed by atoms with Crippen molar-refractivity contribution in [2.75, 3.05) is 55.8 Å². The van der Waals surface area contributed by atoms with Gasteiger partial charge in [0.05, 0.1) is 18.9 Å². The highest BCUT2D eigenvalue weighted by atomic mass is 16.5. The van der Waals surface area contributed by atoms with Gasteiger partial charge in [0.15, 0.2) is 0 Å². The van der Waals surface area contributed by atoms with Crippen molar-refractivity contribution < 1.29 is 9.53 Å². The van der Waals surface area contributed by atoms with Gasteiger partial charge in [-0.1, -0.05) is 0 Å². The van der Waals surface area contributed by atoms with E-state index in [4.69, 9.17) is 16.2 Å². The minimum Gasteiger partial charge on any atom is -0.384 e. The number of nitrogens with zero attached hydrogens (tertiary/aromatic N) is 5. The van der Waals surface area contributed by atoms with Crippen LogP contribution in [-0.4, -0.2) is 65.2 Å². The summed E-state index contributed by atoms with van der Waals surface area (Å²) >= 11 is 0. The van der Waals surface area contributed by atoms with Gasteiger partial charge in [0.25, 0.3) is 0 Å². The number of nitrogen functional groups attached to an aromatic ring is 2. The molecule has 0 atom stereocenters. The molecular weight excluding hydrogens is 370 g/mol. The Morgan fingerprint density at radius 3 is 2.48 bits per heavy atom. The van der Waals surface area contributed by atoms with Crippen LogP contribution in [0.3, 0.4) is 0 Å². The number of piperidine rings is 1. The second kappa shape index (κ2) is 8.20. The van der Waals surface area contributed by atoms with E-state index < -0.39 is 0 Å². The van der Waals surface area contributed by atoms with E-state index in [1.807, 2.05) is 17.9 Å². The van der Waals surface area contributed by atoms with E-state index in [1.54, 1.807) is 12.3 Å². The van der Waals surface area contributed by atoms with Crippen molar-refractivity contribution in [2.45, 2.75) is 19.8 Å². The fourth-order valence-corrected chi connectivity index (χ4v) is 4.08. The molecule has 0 radical (unpaired) electrons.